The molecule has 0 spiro atoms. The lowest BCUT2D eigenvalue weighted by Gasteiger charge is -2.06. The minimum Gasteiger partial charge on any atom is -0.481 e. The Morgan fingerprint density at radius 2 is 1.74 bits per heavy atom. The average molecular weight is 264 g/mol. The molecule has 3 amide bonds. The van der Waals surface area contributed by atoms with Gasteiger partial charge in [-0.1, -0.05) is 19.1 Å². The predicted octanol–water partition coefficient (Wildman–Crippen LogP) is 1.76. The second-order valence-corrected chi connectivity index (χ2v) is 3.95. The number of carbonyl (C=O) groups is 3. The van der Waals surface area contributed by atoms with E-state index in [1.165, 1.54) is 0 Å². The molecule has 0 saturated heterocycles. The van der Waals surface area contributed by atoms with Gasteiger partial charge in [-0.25, -0.2) is 4.79 Å². The summed E-state index contributed by atoms with van der Waals surface area (Å²) in [4.78, 5) is 32.9. The fraction of sp³-hybridized carbons (Fsp3) is 0.308. The number of amides is 3. The lowest BCUT2D eigenvalue weighted by molar-refractivity contribution is -0.138. The molecule has 0 heterocycles. The Bertz CT molecular complexity index is 468. The first-order valence-electron chi connectivity index (χ1n) is 5.93. The van der Waals surface area contributed by atoms with Crippen LogP contribution < -0.4 is 10.6 Å². The van der Waals surface area contributed by atoms with Crippen LogP contribution in [0.1, 0.15) is 25.3 Å². The number of benzene rings is 1. The highest BCUT2D eigenvalue weighted by molar-refractivity contribution is 6.01. The van der Waals surface area contributed by atoms with E-state index in [1.807, 2.05) is 19.1 Å². The maximum Gasteiger partial charge on any atom is 0.325 e. The molecule has 0 aliphatic heterocycles. The molecule has 6 nitrogen and oxygen atoms in total. The Labute approximate surface area is 110 Å². The molecule has 1 aromatic carbocycles. The van der Waals surface area contributed by atoms with Crippen LogP contribution in [-0.2, 0) is 16.0 Å². The molecule has 0 saturated carbocycles. The highest BCUT2D eigenvalue weighted by atomic mass is 16.4. The summed E-state index contributed by atoms with van der Waals surface area (Å²) in [6, 6.07) is 6.56. The molecule has 0 aliphatic carbocycles. The van der Waals surface area contributed by atoms with Crippen molar-refractivity contribution < 1.29 is 19.5 Å². The van der Waals surface area contributed by atoms with E-state index in [0.717, 1.165) is 12.0 Å². The van der Waals surface area contributed by atoms with Gasteiger partial charge in [-0.3, -0.25) is 14.9 Å². The van der Waals surface area contributed by atoms with Crippen molar-refractivity contribution in [1.29, 1.82) is 0 Å². The number of carboxylic acids is 1. The molecule has 6 heteroatoms. The maximum absolute atomic E-state index is 11.4. The quantitative estimate of drug-likeness (QED) is 0.755. The van der Waals surface area contributed by atoms with E-state index in [1.54, 1.807) is 12.1 Å². The summed E-state index contributed by atoms with van der Waals surface area (Å²) >= 11 is 0. The highest BCUT2D eigenvalue weighted by Crippen LogP contribution is 2.09. The molecule has 1 aromatic rings. The van der Waals surface area contributed by atoms with Gasteiger partial charge in [-0.15, -0.1) is 0 Å². The minimum atomic E-state index is -1.08. The summed E-state index contributed by atoms with van der Waals surface area (Å²) in [5.74, 6) is -1.70. The van der Waals surface area contributed by atoms with Crippen LogP contribution in [-0.4, -0.2) is 23.0 Å². The van der Waals surface area contributed by atoms with E-state index in [-0.39, 0.29) is 12.8 Å². The molecule has 0 aromatic heterocycles. The molecule has 0 aliphatic rings. The van der Waals surface area contributed by atoms with Crippen molar-refractivity contribution in [2.24, 2.45) is 0 Å². The second-order valence-electron chi connectivity index (χ2n) is 3.95. The standard InChI is InChI=1S/C13H16N2O4/c1-2-9-3-5-10(6-4-9)14-13(19)15-11(16)7-8-12(17)18/h3-6H,2,7-8H2,1H3,(H,17,18)(H2,14,15,16,19). The van der Waals surface area contributed by atoms with Gasteiger partial charge in [-0.05, 0) is 24.1 Å². The number of carboxylic acid groups (broad SMARTS) is 1. The predicted molar refractivity (Wildman–Crippen MR) is 69.9 cm³/mol. The lowest BCUT2D eigenvalue weighted by atomic mass is 10.1. The zero-order chi connectivity index (χ0) is 14.3. The third kappa shape index (κ3) is 5.67. The topological polar surface area (TPSA) is 95.5 Å². The van der Waals surface area contributed by atoms with Crippen LogP contribution in [0.15, 0.2) is 24.3 Å². The van der Waals surface area contributed by atoms with Crippen molar-refractivity contribution in [2.45, 2.75) is 26.2 Å². The number of imide groups is 1. The second kappa shape index (κ2) is 7.15. The SMILES string of the molecule is CCc1ccc(NC(=O)NC(=O)CCC(=O)O)cc1. The van der Waals surface area contributed by atoms with Crippen LogP contribution in [0.2, 0.25) is 0 Å². The number of nitrogens with one attached hydrogen (secondary N) is 2. The van der Waals surface area contributed by atoms with Gasteiger partial charge in [0.1, 0.15) is 0 Å². The molecule has 0 fully saturated rings. The highest BCUT2D eigenvalue weighted by Gasteiger charge is 2.09. The third-order valence-corrected chi connectivity index (χ3v) is 2.44. The van der Waals surface area contributed by atoms with E-state index in [2.05, 4.69) is 10.6 Å². The Hall–Kier alpha value is -2.37. The van der Waals surface area contributed by atoms with Crippen molar-refractivity contribution >= 4 is 23.6 Å². The zero-order valence-electron chi connectivity index (χ0n) is 10.6. The summed E-state index contributed by atoms with van der Waals surface area (Å²) in [7, 11) is 0. The van der Waals surface area contributed by atoms with Gasteiger partial charge < -0.3 is 10.4 Å². The van der Waals surface area contributed by atoms with Crippen molar-refractivity contribution in [2.75, 3.05) is 5.32 Å². The number of carbonyl (C=O) groups excluding carboxylic acids is 2. The van der Waals surface area contributed by atoms with Crippen molar-refractivity contribution in [1.82, 2.24) is 5.32 Å². The molecule has 0 unspecified atom stereocenters. The van der Waals surface area contributed by atoms with Gasteiger partial charge in [-0.2, -0.15) is 0 Å². The molecule has 1 rings (SSSR count). The number of hydrogen-bond donors (Lipinski definition) is 3. The number of aryl methyl sites for hydroxylation is 1. The molecular weight excluding hydrogens is 248 g/mol. The first-order chi connectivity index (χ1) is 9.01. The van der Waals surface area contributed by atoms with E-state index >= 15 is 0 Å². The largest absolute Gasteiger partial charge is 0.481 e. The molecule has 0 atom stereocenters. The Kier molecular flexibility index (Phi) is 5.53. The van der Waals surface area contributed by atoms with Crippen LogP contribution in [0.5, 0.6) is 0 Å². The smallest absolute Gasteiger partial charge is 0.325 e. The fourth-order valence-electron chi connectivity index (χ4n) is 1.40. The van der Waals surface area contributed by atoms with Crippen LogP contribution in [0.4, 0.5) is 10.5 Å². The zero-order valence-corrected chi connectivity index (χ0v) is 10.6. The monoisotopic (exact) mass is 264 g/mol. The molecule has 0 radical (unpaired) electrons. The van der Waals surface area contributed by atoms with E-state index in [9.17, 15) is 14.4 Å². The number of urea groups is 1. The number of rotatable bonds is 5. The van der Waals surface area contributed by atoms with E-state index < -0.39 is 17.9 Å². The molecule has 3 N–H and O–H groups in total. The Balaban J connectivity index is 2.41. The fourth-order valence-corrected chi connectivity index (χ4v) is 1.40. The first-order valence-corrected chi connectivity index (χ1v) is 5.93. The minimum absolute atomic E-state index is 0.225. The normalized spacial score (nSPS) is 9.74. The van der Waals surface area contributed by atoms with Crippen molar-refractivity contribution in [3.05, 3.63) is 29.8 Å². The van der Waals surface area contributed by atoms with Gasteiger partial charge in [0.2, 0.25) is 5.91 Å². The number of aliphatic carboxylic acids is 1. The van der Waals surface area contributed by atoms with Gasteiger partial charge >= 0.3 is 12.0 Å². The van der Waals surface area contributed by atoms with Crippen molar-refractivity contribution in [3.63, 3.8) is 0 Å². The summed E-state index contributed by atoms with van der Waals surface area (Å²) in [5, 5.41) is 13.0. The molecular formula is C13H16N2O4. The summed E-state index contributed by atoms with van der Waals surface area (Å²) in [6.07, 6.45) is 0.377. The van der Waals surface area contributed by atoms with E-state index in [4.69, 9.17) is 5.11 Å². The van der Waals surface area contributed by atoms with Crippen LogP contribution in [0.3, 0.4) is 0 Å². The van der Waals surface area contributed by atoms with Crippen LogP contribution in [0.25, 0.3) is 0 Å². The van der Waals surface area contributed by atoms with Crippen LogP contribution in [0, 0.1) is 0 Å². The lowest BCUT2D eigenvalue weighted by Crippen LogP contribution is -2.34. The third-order valence-electron chi connectivity index (χ3n) is 2.44. The Morgan fingerprint density at radius 3 is 2.26 bits per heavy atom. The van der Waals surface area contributed by atoms with E-state index in [0.29, 0.717) is 5.69 Å². The number of hydrogen-bond acceptors (Lipinski definition) is 3. The number of anilines is 1. The summed E-state index contributed by atoms with van der Waals surface area (Å²) in [5.41, 5.74) is 1.71. The Morgan fingerprint density at radius 1 is 1.11 bits per heavy atom. The molecule has 102 valence electrons. The van der Waals surface area contributed by atoms with Gasteiger partial charge in [0.25, 0.3) is 0 Å². The summed E-state index contributed by atoms with van der Waals surface area (Å²) in [6.45, 7) is 2.02. The van der Waals surface area contributed by atoms with Gasteiger partial charge in [0.05, 0.1) is 6.42 Å². The van der Waals surface area contributed by atoms with Crippen molar-refractivity contribution in [3.8, 4) is 0 Å². The van der Waals surface area contributed by atoms with Gasteiger partial charge in [0, 0.05) is 12.1 Å². The summed E-state index contributed by atoms with van der Waals surface area (Å²) < 4.78 is 0. The van der Waals surface area contributed by atoms with Crippen LogP contribution >= 0.6 is 0 Å². The molecule has 0 bridgehead atoms. The van der Waals surface area contributed by atoms with Gasteiger partial charge in [0.15, 0.2) is 0 Å². The molecule has 19 heavy (non-hydrogen) atoms. The maximum atomic E-state index is 11.4. The first kappa shape index (κ1) is 14.7. The average Bonchev–Trinajstić information content (AvgIpc) is 2.37.